The molecule has 1 heterocycles. The molecule has 2 amide bonds. The topological polar surface area (TPSA) is 93.7 Å². The van der Waals surface area contributed by atoms with Crippen molar-refractivity contribution >= 4 is 29.3 Å². The Labute approximate surface area is 242 Å². The fourth-order valence-electron chi connectivity index (χ4n) is 4.29. The van der Waals surface area contributed by atoms with E-state index in [1.165, 1.54) is 35.9 Å². The van der Waals surface area contributed by atoms with E-state index in [4.69, 9.17) is 9.47 Å². The highest BCUT2D eigenvalue weighted by molar-refractivity contribution is 7.99. The van der Waals surface area contributed by atoms with Crippen LogP contribution in [-0.4, -0.2) is 46.7 Å². The molecule has 0 radical (unpaired) electrons. The molecule has 0 spiro atoms. The zero-order valence-electron chi connectivity index (χ0n) is 23.3. The lowest BCUT2D eigenvalue weighted by atomic mass is 10.0. The average molecular weight is 575 g/mol. The molecule has 0 aliphatic rings. The molecule has 0 fully saturated rings. The number of thioether (sulfide) groups is 1. The SMILES string of the molecule is COc1ccc(NC(=O)C(c2ccccc2)N(Cc2ccc(F)cc2)C(=O)CSc2nc(C)cc(C)n2)c(OC)c1. The molecular weight excluding hydrogens is 543 g/mol. The van der Waals surface area contributed by atoms with Gasteiger partial charge >= 0.3 is 0 Å². The zero-order valence-corrected chi connectivity index (χ0v) is 24.1. The predicted octanol–water partition coefficient (Wildman–Crippen LogP) is 5.75. The van der Waals surface area contributed by atoms with Crippen LogP contribution in [0.3, 0.4) is 0 Å². The second kappa shape index (κ2) is 13.8. The highest BCUT2D eigenvalue weighted by atomic mass is 32.2. The van der Waals surface area contributed by atoms with Gasteiger partial charge in [-0.2, -0.15) is 0 Å². The van der Waals surface area contributed by atoms with E-state index in [2.05, 4.69) is 15.3 Å². The van der Waals surface area contributed by atoms with Gasteiger partial charge in [-0.1, -0.05) is 54.2 Å². The van der Waals surface area contributed by atoms with E-state index in [9.17, 15) is 14.0 Å². The molecule has 1 N–H and O–H groups in total. The first-order valence-corrected chi connectivity index (χ1v) is 13.8. The van der Waals surface area contributed by atoms with Crippen LogP contribution in [0.25, 0.3) is 0 Å². The third-order valence-corrected chi connectivity index (χ3v) is 7.05. The van der Waals surface area contributed by atoms with Crippen LogP contribution in [0, 0.1) is 19.7 Å². The average Bonchev–Trinajstić information content (AvgIpc) is 2.97. The molecule has 0 saturated heterocycles. The number of hydrogen-bond donors (Lipinski definition) is 1. The van der Waals surface area contributed by atoms with Crippen molar-refractivity contribution in [2.24, 2.45) is 0 Å². The van der Waals surface area contributed by atoms with Crippen LogP contribution >= 0.6 is 11.8 Å². The minimum absolute atomic E-state index is 0.00738. The number of carbonyl (C=O) groups is 2. The number of methoxy groups -OCH3 is 2. The van der Waals surface area contributed by atoms with Crippen molar-refractivity contribution in [1.29, 1.82) is 0 Å². The monoisotopic (exact) mass is 574 g/mol. The van der Waals surface area contributed by atoms with Gasteiger partial charge in [0.2, 0.25) is 5.91 Å². The molecule has 1 aromatic heterocycles. The van der Waals surface area contributed by atoms with E-state index < -0.39 is 17.8 Å². The highest BCUT2D eigenvalue weighted by Gasteiger charge is 2.32. The Bertz CT molecular complexity index is 1480. The Hall–Kier alpha value is -4.44. The van der Waals surface area contributed by atoms with Crippen molar-refractivity contribution in [3.63, 3.8) is 0 Å². The van der Waals surface area contributed by atoms with Crippen molar-refractivity contribution in [1.82, 2.24) is 14.9 Å². The van der Waals surface area contributed by atoms with Crippen molar-refractivity contribution in [3.05, 3.63) is 107 Å². The van der Waals surface area contributed by atoms with E-state index in [-0.39, 0.29) is 18.2 Å². The first kappa shape index (κ1) is 29.5. The zero-order chi connectivity index (χ0) is 29.4. The summed E-state index contributed by atoms with van der Waals surface area (Å²) >= 11 is 1.20. The number of amides is 2. The van der Waals surface area contributed by atoms with E-state index in [0.717, 1.165) is 11.4 Å². The Balaban J connectivity index is 1.70. The van der Waals surface area contributed by atoms with Crippen LogP contribution in [-0.2, 0) is 16.1 Å². The molecule has 1 atom stereocenters. The smallest absolute Gasteiger partial charge is 0.251 e. The number of hydrogen-bond acceptors (Lipinski definition) is 7. The van der Waals surface area contributed by atoms with Gasteiger partial charge < -0.3 is 19.7 Å². The maximum absolute atomic E-state index is 14.0. The number of ether oxygens (including phenoxy) is 2. The normalized spacial score (nSPS) is 11.4. The molecule has 0 saturated carbocycles. The lowest BCUT2D eigenvalue weighted by molar-refractivity contribution is -0.137. The predicted molar refractivity (Wildman–Crippen MR) is 157 cm³/mol. The molecule has 4 rings (SSSR count). The fourth-order valence-corrected chi connectivity index (χ4v) is 5.12. The van der Waals surface area contributed by atoms with Gasteiger partial charge in [0.25, 0.3) is 5.91 Å². The molecule has 1 unspecified atom stereocenters. The summed E-state index contributed by atoms with van der Waals surface area (Å²) in [4.78, 5) is 38.2. The maximum atomic E-state index is 14.0. The largest absolute Gasteiger partial charge is 0.497 e. The number of benzene rings is 3. The molecule has 8 nitrogen and oxygen atoms in total. The van der Waals surface area contributed by atoms with Gasteiger partial charge in [0, 0.05) is 24.0 Å². The van der Waals surface area contributed by atoms with E-state index in [0.29, 0.717) is 33.5 Å². The summed E-state index contributed by atoms with van der Waals surface area (Å²) in [6.45, 7) is 3.80. The van der Waals surface area contributed by atoms with E-state index in [1.54, 1.807) is 49.6 Å². The summed E-state index contributed by atoms with van der Waals surface area (Å²) in [6, 6.07) is 20.8. The summed E-state index contributed by atoms with van der Waals surface area (Å²) < 4.78 is 24.4. The van der Waals surface area contributed by atoms with Gasteiger partial charge in [-0.3, -0.25) is 9.59 Å². The minimum Gasteiger partial charge on any atom is -0.497 e. The first-order chi connectivity index (χ1) is 19.8. The second-order valence-corrected chi connectivity index (χ2v) is 10.2. The van der Waals surface area contributed by atoms with Crippen molar-refractivity contribution in [2.45, 2.75) is 31.6 Å². The molecule has 0 aliphatic carbocycles. The molecule has 0 bridgehead atoms. The Morgan fingerprint density at radius 3 is 2.24 bits per heavy atom. The molecule has 4 aromatic rings. The number of carbonyl (C=O) groups excluding carboxylic acids is 2. The number of nitrogens with one attached hydrogen (secondary N) is 1. The number of rotatable bonds is 11. The van der Waals surface area contributed by atoms with Gasteiger partial charge in [-0.15, -0.1) is 0 Å². The molecule has 0 aliphatic heterocycles. The van der Waals surface area contributed by atoms with Gasteiger partial charge in [-0.25, -0.2) is 14.4 Å². The Morgan fingerprint density at radius 1 is 0.927 bits per heavy atom. The van der Waals surface area contributed by atoms with Crippen LogP contribution < -0.4 is 14.8 Å². The molecule has 212 valence electrons. The van der Waals surface area contributed by atoms with Crippen molar-refractivity contribution < 1.29 is 23.5 Å². The summed E-state index contributed by atoms with van der Waals surface area (Å²) in [7, 11) is 3.04. The third kappa shape index (κ3) is 7.82. The van der Waals surface area contributed by atoms with Gasteiger partial charge in [0.1, 0.15) is 23.4 Å². The van der Waals surface area contributed by atoms with Crippen LogP contribution in [0.15, 0.2) is 84.0 Å². The lowest BCUT2D eigenvalue weighted by Gasteiger charge is -2.31. The van der Waals surface area contributed by atoms with Crippen LogP contribution in [0.1, 0.15) is 28.6 Å². The Kier molecular flexibility index (Phi) is 9.91. The number of anilines is 1. The second-order valence-electron chi connectivity index (χ2n) is 9.24. The van der Waals surface area contributed by atoms with Crippen LogP contribution in [0.5, 0.6) is 11.5 Å². The van der Waals surface area contributed by atoms with E-state index in [1.807, 2.05) is 38.1 Å². The quantitative estimate of drug-likeness (QED) is 0.180. The fraction of sp³-hybridized carbons (Fsp3) is 0.226. The molecule has 3 aromatic carbocycles. The highest BCUT2D eigenvalue weighted by Crippen LogP contribution is 2.32. The number of halogens is 1. The minimum atomic E-state index is -1.01. The third-order valence-electron chi connectivity index (χ3n) is 6.21. The number of aryl methyl sites for hydroxylation is 2. The standard InChI is InChI=1S/C31H31FN4O4S/c1-20-16-21(2)34-31(33-20)41-19-28(37)36(18-22-10-12-24(32)13-11-22)29(23-8-6-5-7-9-23)30(38)35-26-15-14-25(39-3)17-27(26)40-4/h5-17,29H,18-19H2,1-4H3,(H,35,38). The van der Waals surface area contributed by atoms with Crippen molar-refractivity contribution in [2.75, 3.05) is 25.3 Å². The summed E-state index contributed by atoms with van der Waals surface area (Å²) in [6.07, 6.45) is 0. The van der Waals surface area contributed by atoms with Crippen LogP contribution in [0.4, 0.5) is 10.1 Å². The summed E-state index contributed by atoms with van der Waals surface area (Å²) in [5.41, 5.74) is 3.30. The number of nitrogens with zero attached hydrogens (tertiary/aromatic N) is 3. The van der Waals surface area contributed by atoms with Gasteiger partial charge in [-0.05, 0) is 55.3 Å². The van der Waals surface area contributed by atoms with Crippen LogP contribution in [0.2, 0.25) is 0 Å². The van der Waals surface area contributed by atoms with Crippen molar-refractivity contribution in [3.8, 4) is 11.5 Å². The van der Waals surface area contributed by atoms with E-state index >= 15 is 0 Å². The maximum Gasteiger partial charge on any atom is 0.251 e. The molecule has 10 heteroatoms. The first-order valence-electron chi connectivity index (χ1n) is 12.8. The molecular formula is C31H31FN4O4S. The summed E-state index contributed by atoms with van der Waals surface area (Å²) in [5, 5.41) is 3.40. The Morgan fingerprint density at radius 2 is 1.61 bits per heavy atom. The number of aromatic nitrogens is 2. The molecule has 41 heavy (non-hydrogen) atoms. The summed E-state index contributed by atoms with van der Waals surface area (Å²) in [5.74, 6) is -0.178. The van der Waals surface area contributed by atoms with Gasteiger partial charge in [0.05, 0.1) is 25.7 Å². The lowest BCUT2D eigenvalue weighted by Crippen LogP contribution is -2.41. The van der Waals surface area contributed by atoms with Gasteiger partial charge in [0.15, 0.2) is 5.16 Å².